The first-order valence-electron chi connectivity index (χ1n) is 4.00. The van der Waals surface area contributed by atoms with Gasteiger partial charge in [-0.2, -0.15) is 0 Å². The fraction of sp³-hybridized carbons (Fsp3) is 0.750. The minimum absolute atomic E-state index is 0.272. The van der Waals surface area contributed by atoms with Crippen LogP contribution in [0.15, 0.2) is 0 Å². The molecule has 12 heavy (non-hydrogen) atoms. The minimum atomic E-state index is -0.525. The van der Waals surface area contributed by atoms with Crippen LogP contribution in [-0.4, -0.2) is 18.5 Å². The maximum Gasteiger partial charge on any atom is 0.302 e. The van der Waals surface area contributed by atoms with E-state index in [-0.39, 0.29) is 5.97 Å². The van der Waals surface area contributed by atoms with Crippen LogP contribution in [0.2, 0.25) is 0 Å². The molecule has 0 bridgehead atoms. The number of nitrogens with one attached hydrogen (secondary N) is 1. The summed E-state index contributed by atoms with van der Waals surface area (Å²) in [5.74, 6) is -0.797. The number of carbonyl (C=O) groups excluding carboxylic acids is 2. The molecule has 4 nitrogen and oxygen atoms in total. The number of carbonyl (C=O) groups is 2. The molecular weight excluding hydrogens is 158 g/mol. The lowest BCUT2D eigenvalue weighted by molar-refractivity contribution is -0.141. The van der Waals surface area contributed by atoms with Crippen LogP contribution >= 0.6 is 0 Å². The van der Waals surface area contributed by atoms with Gasteiger partial charge in [-0.1, -0.05) is 0 Å². The fourth-order valence-electron chi connectivity index (χ4n) is 0.780. The first-order chi connectivity index (χ1) is 5.63. The lowest BCUT2D eigenvalue weighted by Crippen LogP contribution is -2.01. The van der Waals surface area contributed by atoms with Crippen molar-refractivity contribution in [3.63, 3.8) is 0 Å². The maximum atomic E-state index is 10.3. The minimum Gasteiger partial charge on any atom is -0.466 e. The summed E-state index contributed by atoms with van der Waals surface area (Å²) in [6.45, 7) is 1.79. The standard InChI is InChI=1S/C8H14NO3/c1-7(10)12-6-4-2-3-5-8(9)11/h9H,2-6H2,1H3. The van der Waals surface area contributed by atoms with Crippen molar-refractivity contribution in [1.82, 2.24) is 5.73 Å². The Labute approximate surface area is 72.1 Å². The average molecular weight is 172 g/mol. The molecule has 0 aliphatic heterocycles. The van der Waals surface area contributed by atoms with Crippen LogP contribution in [0, 0.1) is 0 Å². The van der Waals surface area contributed by atoms with E-state index in [4.69, 9.17) is 5.73 Å². The van der Waals surface area contributed by atoms with Crippen LogP contribution in [0.25, 0.3) is 0 Å². The highest BCUT2D eigenvalue weighted by atomic mass is 16.5. The summed E-state index contributed by atoms with van der Waals surface area (Å²) >= 11 is 0. The van der Waals surface area contributed by atoms with Gasteiger partial charge in [-0.05, 0) is 19.3 Å². The number of amides is 1. The van der Waals surface area contributed by atoms with Gasteiger partial charge in [0, 0.05) is 13.3 Å². The van der Waals surface area contributed by atoms with Crippen LogP contribution in [0.1, 0.15) is 32.6 Å². The van der Waals surface area contributed by atoms with Crippen LogP contribution in [0.4, 0.5) is 0 Å². The Kier molecular flexibility index (Phi) is 6.05. The molecule has 0 aromatic heterocycles. The Hall–Kier alpha value is -1.06. The summed E-state index contributed by atoms with van der Waals surface area (Å²) in [7, 11) is 0. The van der Waals surface area contributed by atoms with Gasteiger partial charge in [0.05, 0.1) is 6.61 Å². The van der Waals surface area contributed by atoms with E-state index >= 15 is 0 Å². The lowest BCUT2D eigenvalue weighted by atomic mass is 10.2. The second-order valence-corrected chi connectivity index (χ2v) is 2.57. The molecule has 1 radical (unpaired) electrons. The molecule has 4 heteroatoms. The Morgan fingerprint density at radius 3 is 2.42 bits per heavy atom. The quantitative estimate of drug-likeness (QED) is 0.442. The zero-order valence-electron chi connectivity index (χ0n) is 7.26. The topological polar surface area (TPSA) is 67.2 Å². The van der Waals surface area contributed by atoms with Gasteiger partial charge in [-0.3, -0.25) is 15.3 Å². The molecule has 0 aliphatic rings. The second kappa shape index (κ2) is 6.64. The van der Waals surface area contributed by atoms with Crippen molar-refractivity contribution in [2.45, 2.75) is 32.6 Å². The largest absolute Gasteiger partial charge is 0.466 e. The van der Waals surface area contributed by atoms with Crippen LogP contribution in [0.5, 0.6) is 0 Å². The summed E-state index contributed by atoms with van der Waals surface area (Å²) in [6, 6.07) is 0. The third-order valence-corrected chi connectivity index (χ3v) is 1.35. The van der Waals surface area contributed by atoms with Crippen LogP contribution < -0.4 is 5.73 Å². The van der Waals surface area contributed by atoms with E-state index in [1.54, 1.807) is 0 Å². The molecule has 0 heterocycles. The zero-order valence-corrected chi connectivity index (χ0v) is 7.26. The molecule has 0 spiro atoms. The summed E-state index contributed by atoms with van der Waals surface area (Å²) in [5.41, 5.74) is 6.60. The second-order valence-electron chi connectivity index (χ2n) is 2.57. The summed E-state index contributed by atoms with van der Waals surface area (Å²) in [4.78, 5) is 20.4. The van der Waals surface area contributed by atoms with Gasteiger partial charge in [0.1, 0.15) is 0 Å². The number of unbranched alkanes of at least 4 members (excludes halogenated alkanes) is 2. The highest BCUT2D eigenvalue weighted by Gasteiger charge is 1.96. The third kappa shape index (κ3) is 8.94. The number of hydrogen-bond acceptors (Lipinski definition) is 3. The van der Waals surface area contributed by atoms with Gasteiger partial charge in [-0.25, -0.2) is 0 Å². The molecule has 0 aromatic rings. The molecule has 0 aromatic carbocycles. The first-order valence-corrected chi connectivity index (χ1v) is 4.00. The monoisotopic (exact) mass is 172 g/mol. The molecule has 69 valence electrons. The van der Waals surface area contributed by atoms with Crippen molar-refractivity contribution in [2.24, 2.45) is 0 Å². The van der Waals surface area contributed by atoms with E-state index in [1.807, 2.05) is 0 Å². The molecule has 0 unspecified atom stereocenters. The van der Waals surface area contributed by atoms with Crippen LogP contribution in [0.3, 0.4) is 0 Å². The van der Waals surface area contributed by atoms with Crippen molar-refractivity contribution in [3.8, 4) is 0 Å². The third-order valence-electron chi connectivity index (χ3n) is 1.35. The van der Waals surface area contributed by atoms with Crippen molar-refractivity contribution in [2.75, 3.05) is 6.61 Å². The molecule has 1 amide bonds. The summed E-state index contributed by atoms with van der Waals surface area (Å²) in [5, 5.41) is 0. The number of hydrogen-bond donors (Lipinski definition) is 0. The summed E-state index contributed by atoms with van der Waals surface area (Å²) < 4.78 is 4.68. The smallest absolute Gasteiger partial charge is 0.302 e. The van der Waals surface area contributed by atoms with Crippen molar-refractivity contribution >= 4 is 11.9 Å². The van der Waals surface area contributed by atoms with Gasteiger partial charge in [0.25, 0.3) is 0 Å². The number of ether oxygens (including phenoxy) is 1. The molecule has 0 rings (SSSR count). The fourth-order valence-corrected chi connectivity index (χ4v) is 0.780. The van der Waals surface area contributed by atoms with E-state index in [1.165, 1.54) is 6.92 Å². The van der Waals surface area contributed by atoms with E-state index in [2.05, 4.69) is 4.74 Å². The molecule has 0 aliphatic carbocycles. The first kappa shape index (κ1) is 10.9. The van der Waals surface area contributed by atoms with E-state index in [9.17, 15) is 9.59 Å². The Morgan fingerprint density at radius 1 is 1.25 bits per heavy atom. The van der Waals surface area contributed by atoms with Crippen molar-refractivity contribution < 1.29 is 14.3 Å². The van der Waals surface area contributed by atoms with Crippen LogP contribution in [-0.2, 0) is 14.3 Å². The predicted molar refractivity (Wildman–Crippen MR) is 43.2 cm³/mol. The Bertz CT molecular complexity index is 138. The molecule has 0 saturated carbocycles. The van der Waals surface area contributed by atoms with E-state index in [0.29, 0.717) is 19.4 Å². The normalized spacial score (nSPS) is 9.42. The average Bonchev–Trinajstić information content (AvgIpc) is 1.95. The predicted octanol–water partition coefficient (Wildman–Crippen LogP) is 0.919. The zero-order chi connectivity index (χ0) is 9.40. The van der Waals surface area contributed by atoms with Gasteiger partial charge >= 0.3 is 5.97 Å². The molecule has 0 atom stereocenters. The highest BCUT2D eigenvalue weighted by Crippen LogP contribution is 1.99. The SMILES string of the molecule is CC(=O)OCCCCCC([NH])=O. The molecule has 1 N–H and O–H groups in total. The van der Waals surface area contributed by atoms with Gasteiger partial charge in [-0.15, -0.1) is 0 Å². The maximum absolute atomic E-state index is 10.3. The van der Waals surface area contributed by atoms with Gasteiger partial charge < -0.3 is 4.74 Å². The van der Waals surface area contributed by atoms with Crippen molar-refractivity contribution in [3.05, 3.63) is 0 Å². The molecular formula is C8H14NO3. The van der Waals surface area contributed by atoms with Gasteiger partial charge in [0.15, 0.2) is 0 Å². The Morgan fingerprint density at radius 2 is 1.92 bits per heavy atom. The molecule has 0 fully saturated rings. The van der Waals surface area contributed by atoms with Gasteiger partial charge in [0.2, 0.25) is 5.91 Å². The van der Waals surface area contributed by atoms with E-state index in [0.717, 1.165) is 12.8 Å². The Balaban J connectivity index is 3.01. The van der Waals surface area contributed by atoms with E-state index < -0.39 is 5.91 Å². The number of esters is 1. The van der Waals surface area contributed by atoms with Crippen molar-refractivity contribution in [1.29, 1.82) is 0 Å². The number of rotatable bonds is 6. The lowest BCUT2D eigenvalue weighted by Gasteiger charge is -1.99. The molecule has 0 saturated heterocycles. The summed E-state index contributed by atoms with van der Waals surface area (Å²) in [6.07, 6.45) is 2.62. The highest BCUT2D eigenvalue weighted by molar-refractivity contribution is 5.72.